The van der Waals surface area contributed by atoms with Crippen LogP contribution in [-0.2, 0) is 9.59 Å². The molecule has 3 amide bonds. The van der Waals surface area contributed by atoms with Crippen molar-refractivity contribution in [3.05, 3.63) is 10.9 Å². The van der Waals surface area contributed by atoms with Crippen molar-refractivity contribution >= 4 is 50.1 Å². The molecule has 2 saturated heterocycles. The van der Waals surface area contributed by atoms with E-state index in [1.54, 1.807) is 23.9 Å². The third-order valence-corrected chi connectivity index (χ3v) is 7.20. The van der Waals surface area contributed by atoms with Crippen LogP contribution in [0, 0.1) is 5.92 Å². The lowest BCUT2D eigenvalue weighted by Gasteiger charge is -2.29. The Labute approximate surface area is 164 Å². The largest absolute Gasteiger partial charge is 0.345 e. The maximum Gasteiger partial charge on any atom is 0.256 e. The molecule has 1 unspecified atom stereocenters. The summed E-state index contributed by atoms with van der Waals surface area (Å²) in [6.07, 6.45) is 2.34. The SMILES string of the molecule is CN1CCC(C(=O)N(C)C[C@H]2CCCN2C(=O)c2csc3nnsc23)C1=O. The summed E-state index contributed by atoms with van der Waals surface area (Å²) in [4.78, 5) is 43.7. The van der Waals surface area contributed by atoms with E-state index in [-0.39, 0.29) is 23.8 Å². The fourth-order valence-corrected chi connectivity index (χ4v) is 5.61. The highest BCUT2D eigenvalue weighted by Crippen LogP contribution is 2.30. The van der Waals surface area contributed by atoms with Gasteiger partial charge in [-0.15, -0.1) is 16.4 Å². The van der Waals surface area contributed by atoms with Crippen molar-refractivity contribution in [1.29, 1.82) is 0 Å². The number of amides is 3. The first-order valence-corrected chi connectivity index (χ1v) is 10.6. The Hall–Kier alpha value is -2.07. The molecule has 0 spiro atoms. The molecule has 27 heavy (non-hydrogen) atoms. The fourth-order valence-electron chi connectivity index (χ4n) is 3.91. The number of rotatable bonds is 4. The summed E-state index contributed by atoms with van der Waals surface area (Å²) in [5.74, 6) is -0.851. The van der Waals surface area contributed by atoms with Gasteiger partial charge in [0.05, 0.1) is 10.3 Å². The standard InChI is InChI=1S/C17H21N5O3S2/c1-20-7-5-11(15(20)23)16(24)21(2)8-10-4-3-6-22(10)17(25)12-9-26-14-13(12)27-19-18-14/h9-11H,3-8H2,1-2H3/t10-,11?/m1/s1. The molecule has 0 saturated carbocycles. The predicted octanol–water partition coefficient (Wildman–Crippen LogP) is 1.29. The van der Waals surface area contributed by atoms with Gasteiger partial charge in [-0.3, -0.25) is 14.4 Å². The van der Waals surface area contributed by atoms with Gasteiger partial charge < -0.3 is 14.7 Å². The summed E-state index contributed by atoms with van der Waals surface area (Å²) < 4.78 is 4.75. The van der Waals surface area contributed by atoms with E-state index in [0.29, 0.717) is 31.6 Å². The highest BCUT2D eigenvalue weighted by atomic mass is 32.1. The highest BCUT2D eigenvalue weighted by Gasteiger charge is 2.38. The molecule has 8 nitrogen and oxygen atoms in total. The topological polar surface area (TPSA) is 86.7 Å². The zero-order valence-corrected chi connectivity index (χ0v) is 16.9. The molecule has 10 heteroatoms. The van der Waals surface area contributed by atoms with E-state index in [0.717, 1.165) is 22.4 Å². The van der Waals surface area contributed by atoms with E-state index < -0.39 is 5.92 Å². The van der Waals surface area contributed by atoms with Gasteiger partial charge in [-0.25, -0.2) is 0 Å². The number of likely N-dealkylation sites (N-methyl/N-ethyl adjacent to an activating group) is 1. The third-order valence-electron chi connectivity index (χ3n) is 5.45. The van der Waals surface area contributed by atoms with Gasteiger partial charge in [0.15, 0.2) is 4.83 Å². The van der Waals surface area contributed by atoms with Crippen molar-refractivity contribution in [3.8, 4) is 0 Å². The number of fused-ring (bicyclic) bond motifs is 1. The second-order valence-corrected chi connectivity index (χ2v) is 8.78. The molecule has 0 N–H and O–H groups in total. The van der Waals surface area contributed by atoms with E-state index in [1.807, 2.05) is 10.3 Å². The Bertz CT molecular complexity index is 894. The van der Waals surface area contributed by atoms with Crippen LogP contribution in [0.2, 0.25) is 0 Å². The van der Waals surface area contributed by atoms with Crippen LogP contribution in [-0.4, -0.2) is 81.8 Å². The van der Waals surface area contributed by atoms with Gasteiger partial charge >= 0.3 is 0 Å². The minimum Gasteiger partial charge on any atom is -0.345 e. The molecular formula is C17H21N5O3S2. The number of hydrogen-bond donors (Lipinski definition) is 0. The minimum atomic E-state index is -0.578. The summed E-state index contributed by atoms with van der Waals surface area (Å²) in [6.45, 7) is 1.75. The van der Waals surface area contributed by atoms with Crippen LogP contribution in [0.4, 0.5) is 0 Å². The summed E-state index contributed by atoms with van der Waals surface area (Å²) >= 11 is 2.67. The number of hydrogen-bond acceptors (Lipinski definition) is 7. The molecule has 2 aliphatic heterocycles. The zero-order valence-electron chi connectivity index (χ0n) is 15.3. The maximum absolute atomic E-state index is 13.1. The molecule has 144 valence electrons. The first-order chi connectivity index (χ1) is 13.0. The molecule has 0 aromatic carbocycles. The number of carbonyl (C=O) groups excluding carboxylic acids is 3. The first kappa shape index (κ1) is 18.3. The number of carbonyl (C=O) groups is 3. The molecule has 2 aromatic rings. The van der Waals surface area contributed by atoms with E-state index >= 15 is 0 Å². The lowest BCUT2D eigenvalue weighted by atomic mass is 10.1. The van der Waals surface area contributed by atoms with E-state index in [2.05, 4.69) is 9.59 Å². The van der Waals surface area contributed by atoms with Gasteiger partial charge in [0, 0.05) is 45.2 Å². The van der Waals surface area contributed by atoms with E-state index in [1.165, 1.54) is 22.9 Å². The molecular weight excluding hydrogens is 386 g/mol. The van der Waals surface area contributed by atoms with Crippen LogP contribution in [0.15, 0.2) is 5.38 Å². The van der Waals surface area contributed by atoms with Crippen molar-refractivity contribution in [2.75, 3.05) is 33.7 Å². The summed E-state index contributed by atoms with van der Waals surface area (Å²) in [5.41, 5.74) is 0.651. The summed E-state index contributed by atoms with van der Waals surface area (Å²) in [7, 11) is 3.45. The van der Waals surface area contributed by atoms with Gasteiger partial charge in [-0.2, -0.15) is 0 Å². The van der Waals surface area contributed by atoms with Crippen molar-refractivity contribution in [2.45, 2.75) is 25.3 Å². The van der Waals surface area contributed by atoms with Crippen molar-refractivity contribution in [2.24, 2.45) is 5.92 Å². The lowest BCUT2D eigenvalue weighted by Crippen LogP contribution is -2.46. The molecule has 4 rings (SSSR count). The Morgan fingerprint density at radius 3 is 2.89 bits per heavy atom. The number of likely N-dealkylation sites (tertiary alicyclic amines) is 2. The minimum absolute atomic E-state index is 0.0210. The Balaban J connectivity index is 1.45. The monoisotopic (exact) mass is 407 g/mol. The molecule has 4 heterocycles. The molecule has 2 aromatic heterocycles. The summed E-state index contributed by atoms with van der Waals surface area (Å²) in [5, 5.41) is 5.87. The van der Waals surface area contributed by atoms with Crippen LogP contribution in [0.3, 0.4) is 0 Å². The zero-order chi connectivity index (χ0) is 19.1. The van der Waals surface area contributed by atoms with Crippen LogP contribution >= 0.6 is 22.9 Å². The third kappa shape index (κ3) is 3.20. The smallest absolute Gasteiger partial charge is 0.256 e. The van der Waals surface area contributed by atoms with E-state index in [4.69, 9.17) is 0 Å². The van der Waals surface area contributed by atoms with Gasteiger partial charge in [0.2, 0.25) is 11.8 Å². The van der Waals surface area contributed by atoms with Crippen LogP contribution in [0.5, 0.6) is 0 Å². The Morgan fingerprint density at radius 2 is 2.15 bits per heavy atom. The van der Waals surface area contributed by atoms with Crippen LogP contribution in [0.25, 0.3) is 9.53 Å². The van der Waals surface area contributed by atoms with Crippen LogP contribution < -0.4 is 0 Å². The van der Waals surface area contributed by atoms with Crippen molar-refractivity contribution < 1.29 is 14.4 Å². The average Bonchev–Trinajstić information content (AvgIpc) is 3.40. The number of aromatic nitrogens is 2. The lowest BCUT2D eigenvalue weighted by molar-refractivity contribution is -0.142. The molecule has 0 radical (unpaired) electrons. The quantitative estimate of drug-likeness (QED) is 0.713. The van der Waals surface area contributed by atoms with Gasteiger partial charge in [0.25, 0.3) is 5.91 Å². The second-order valence-electron chi connectivity index (χ2n) is 7.17. The highest BCUT2D eigenvalue weighted by molar-refractivity contribution is 7.24. The number of nitrogens with zero attached hydrogens (tertiary/aromatic N) is 5. The second kappa shape index (κ2) is 7.16. The molecule has 2 fully saturated rings. The van der Waals surface area contributed by atoms with Gasteiger partial charge in [0.1, 0.15) is 5.92 Å². The fraction of sp³-hybridized carbons (Fsp3) is 0.588. The molecule has 0 aliphatic carbocycles. The molecule has 0 bridgehead atoms. The van der Waals surface area contributed by atoms with Crippen LogP contribution in [0.1, 0.15) is 29.6 Å². The average molecular weight is 408 g/mol. The maximum atomic E-state index is 13.1. The van der Waals surface area contributed by atoms with Crippen molar-refractivity contribution in [1.82, 2.24) is 24.3 Å². The predicted molar refractivity (Wildman–Crippen MR) is 103 cm³/mol. The molecule has 2 atom stereocenters. The Kier molecular flexibility index (Phi) is 4.85. The first-order valence-electron chi connectivity index (χ1n) is 8.98. The summed E-state index contributed by atoms with van der Waals surface area (Å²) in [6, 6.07) is -0.0310. The van der Waals surface area contributed by atoms with Gasteiger partial charge in [-0.1, -0.05) is 4.49 Å². The Morgan fingerprint density at radius 1 is 1.33 bits per heavy atom. The van der Waals surface area contributed by atoms with Crippen molar-refractivity contribution in [3.63, 3.8) is 0 Å². The number of thiophene rings is 1. The van der Waals surface area contributed by atoms with E-state index in [9.17, 15) is 14.4 Å². The van der Waals surface area contributed by atoms with Gasteiger partial charge in [-0.05, 0) is 30.8 Å². The molecule has 2 aliphatic rings. The normalized spacial score (nSPS) is 22.8.